The van der Waals surface area contributed by atoms with Crippen LogP contribution in [0.4, 0.5) is 4.79 Å². The highest BCUT2D eigenvalue weighted by molar-refractivity contribution is 8.00. The molecule has 1 saturated carbocycles. The molecule has 0 spiro atoms. The molecule has 2 amide bonds. The number of amides is 2. The lowest BCUT2D eigenvalue weighted by molar-refractivity contribution is -0.150. The summed E-state index contributed by atoms with van der Waals surface area (Å²) in [6, 6.07) is 14.4. The Morgan fingerprint density at radius 1 is 1.09 bits per heavy atom. The monoisotopic (exact) mass is 466 g/mol. The van der Waals surface area contributed by atoms with Gasteiger partial charge >= 0.3 is 12.1 Å². The fourth-order valence-corrected chi connectivity index (χ4v) is 6.48. The zero-order valence-corrected chi connectivity index (χ0v) is 19.1. The maximum absolute atomic E-state index is 13.1. The molecule has 172 valence electrons. The van der Waals surface area contributed by atoms with E-state index >= 15 is 0 Å². The number of nitrogens with zero attached hydrogens (tertiary/aromatic N) is 1. The molecule has 0 bridgehead atoms. The number of thioether (sulfide) groups is 1. The summed E-state index contributed by atoms with van der Waals surface area (Å²) in [5.41, 5.74) is 4.51. The third-order valence-electron chi connectivity index (χ3n) is 6.65. The lowest BCUT2D eigenvalue weighted by atomic mass is 9.98. The highest BCUT2D eigenvalue weighted by Crippen LogP contribution is 2.46. The van der Waals surface area contributed by atoms with E-state index in [1.54, 1.807) is 6.92 Å². The van der Waals surface area contributed by atoms with Crippen molar-refractivity contribution in [3.8, 4) is 11.1 Å². The van der Waals surface area contributed by atoms with Gasteiger partial charge in [0.2, 0.25) is 5.91 Å². The van der Waals surface area contributed by atoms with E-state index in [9.17, 15) is 19.5 Å². The van der Waals surface area contributed by atoms with Gasteiger partial charge in [-0.05, 0) is 47.9 Å². The predicted octanol–water partition coefficient (Wildman–Crippen LogP) is 3.68. The lowest BCUT2D eigenvalue weighted by Gasteiger charge is -2.30. The molecule has 3 atom stereocenters. The van der Waals surface area contributed by atoms with Crippen LogP contribution in [0.1, 0.15) is 36.8 Å². The van der Waals surface area contributed by atoms with Gasteiger partial charge in [-0.25, -0.2) is 9.59 Å². The minimum absolute atomic E-state index is 0.0697. The number of aliphatic carboxylic acids is 1. The van der Waals surface area contributed by atoms with E-state index in [1.165, 1.54) is 16.7 Å². The Morgan fingerprint density at radius 2 is 1.70 bits per heavy atom. The third-order valence-corrected chi connectivity index (χ3v) is 8.11. The molecule has 3 aliphatic rings. The molecule has 1 aliphatic heterocycles. The van der Waals surface area contributed by atoms with Crippen molar-refractivity contribution in [2.45, 2.75) is 43.1 Å². The molecule has 33 heavy (non-hydrogen) atoms. The van der Waals surface area contributed by atoms with Crippen molar-refractivity contribution in [1.82, 2.24) is 10.2 Å². The average Bonchev–Trinajstić information content (AvgIpc) is 3.47. The number of hydrogen-bond donors (Lipinski definition) is 2. The number of carboxylic acids is 1. The van der Waals surface area contributed by atoms with Crippen molar-refractivity contribution in [2.24, 2.45) is 5.92 Å². The standard InChI is InChI=1S/C25H26N2O5S/c1-14(22(28)27-21(24(29)30)13-33-23(27)15-10-11-15)26-25(31)32-12-20-18-8-4-2-6-16(18)17-7-3-5-9-19(17)20/h2-9,14-15,20-21,23H,10-13H2,1H3,(H,26,31)(H,29,30)/t14-,21?,23?/m0/s1. The summed E-state index contributed by atoms with van der Waals surface area (Å²) >= 11 is 1.52. The van der Waals surface area contributed by atoms with Gasteiger partial charge in [0.1, 0.15) is 18.7 Å². The smallest absolute Gasteiger partial charge is 0.407 e. The van der Waals surface area contributed by atoms with E-state index in [0.29, 0.717) is 11.7 Å². The third kappa shape index (κ3) is 4.08. The summed E-state index contributed by atoms with van der Waals surface area (Å²) < 4.78 is 5.54. The molecule has 1 saturated heterocycles. The molecule has 7 nitrogen and oxygen atoms in total. The van der Waals surface area contributed by atoms with E-state index in [2.05, 4.69) is 17.4 Å². The second-order valence-corrected chi connectivity index (χ2v) is 10.0. The molecule has 2 unspecified atom stereocenters. The first-order valence-corrected chi connectivity index (χ1v) is 12.3. The van der Waals surface area contributed by atoms with Crippen LogP contribution in [0.2, 0.25) is 0 Å². The zero-order chi connectivity index (χ0) is 23.1. The van der Waals surface area contributed by atoms with Gasteiger partial charge in [-0.2, -0.15) is 0 Å². The van der Waals surface area contributed by atoms with Gasteiger partial charge in [0.05, 0.1) is 5.37 Å². The molecule has 8 heteroatoms. The fourth-order valence-electron chi connectivity index (χ4n) is 4.84. The van der Waals surface area contributed by atoms with Crippen LogP contribution in [-0.2, 0) is 14.3 Å². The summed E-state index contributed by atoms with van der Waals surface area (Å²) in [4.78, 5) is 38.8. The summed E-state index contributed by atoms with van der Waals surface area (Å²) in [7, 11) is 0. The second kappa shape index (κ2) is 8.74. The molecule has 2 N–H and O–H groups in total. The average molecular weight is 467 g/mol. The number of alkyl carbamates (subject to hydrolysis) is 1. The number of ether oxygens (including phenoxy) is 1. The summed E-state index contributed by atoms with van der Waals surface area (Å²) in [5, 5.41) is 12.0. The highest BCUT2D eigenvalue weighted by Gasteiger charge is 2.49. The van der Waals surface area contributed by atoms with Crippen molar-refractivity contribution in [1.29, 1.82) is 0 Å². The van der Waals surface area contributed by atoms with Crippen molar-refractivity contribution in [3.05, 3.63) is 59.7 Å². The maximum Gasteiger partial charge on any atom is 0.407 e. The summed E-state index contributed by atoms with van der Waals surface area (Å²) in [5.74, 6) is -0.741. The number of fused-ring (bicyclic) bond motifs is 3. The van der Waals surface area contributed by atoms with Gasteiger partial charge in [-0.3, -0.25) is 4.79 Å². The minimum Gasteiger partial charge on any atom is -0.480 e. The van der Waals surface area contributed by atoms with E-state index in [4.69, 9.17) is 4.74 Å². The number of hydrogen-bond acceptors (Lipinski definition) is 5. The minimum atomic E-state index is -1.01. The molecule has 0 aromatic heterocycles. The van der Waals surface area contributed by atoms with E-state index in [-0.39, 0.29) is 23.8 Å². The Hall–Kier alpha value is -3.00. The van der Waals surface area contributed by atoms with Gasteiger partial charge in [-0.15, -0.1) is 11.8 Å². The Balaban J connectivity index is 1.23. The van der Waals surface area contributed by atoms with Gasteiger partial charge in [0.25, 0.3) is 0 Å². The molecule has 2 aromatic rings. The summed E-state index contributed by atoms with van der Waals surface area (Å²) in [6.45, 7) is 1.73. The van der Waals surface area contributed by atoms with E-state index in [1.807, 2.05) is 36.4 Å². The number of carboxylic acid groups (broad SMARTS) is 1. The molecule has 2 aliphatic carbocycles. The van der Waals surface area contributed by atoms with E-state index < -0.39 is 24.1 Å². The number of benzene rings is 2. The molecular weight excluding hydrogens is 440 g/mol. The SMILES string of the molecule is C[C@H](NC(=O)OCC1c2ccccc2-c2ccccc21)C(=O)N1C(C(=O)O)CSC1C1CC1. The molecule has 5 rings (SSSR count). The van der Waals surface area contributed by atoms with Crippen LogP contribution in [0, 0.1) is 5.92 Å². The van der Waals surface area contributed by atoms with Crippen LogP contribution in [0.15, 0.2) is 48.5 Å². The molecule has 2 fully saturated rings. The number of carbonyl (C=O) groups excluding carboxylic acids is 2. The Morgan fingerprint density at radius 3 is 2.27 bits per heavy atom. The van der Waals surface area contributed by atoms with Crippen LogP contribution in [0.5, 0.6) is 0 Å². The Labute approximate surface area is 196 Å². The lowest BCUT2D eigenvalue weighted by Crippen LogP contribution is -2.54. The van der Waals surface area contributed by atoms with Crippen molar-refractivity contribution in [2.75, 3.05) is 12.4 Å². The normalized spacial score (nSPS) is 22.4. The van der Waals surface area contributed by atoms with Gasteiger partial charge < -0.3 is 20.1 Å². The van der Waals surface area contributed by atoms with Gasteiger partial charge in [-0.1, -0.05) is 48.5 Å². The van der Waals surface area contributed by atoms with Crippen LogP contribution < -0.4 is 5.32 Å². The molecule has 1 heterocycles. The second-order valence-electron chi connectivity index (χ2n) is 8.85. The Bertz CT molecular complexity index is 1060. The van der Waals surface area contributed by atoms with Crippen LogP contribution in [0.3, 0.4) is 0 Å². The van der Waals surface area contributed by atoms with E-state index in [0.717, 1.165) is 35.1 Å². The number of nitrogens with one attached hydrogen (secondary N) is 1. The van der Waals surface area contributed by atoms with Gasteiger partial charge in [0.15, 0.2) is 0 Å². The number of rotatable bonds is 6. The predicted molar refractivity (Wildman–Crippen MR) is 125 cm³/mol. The largest absolute Gasteiger partial charge is 0.480 e. The Kier molecular flexibility index (Phi) is 5.78. The first-order chi connectivity index (χ1) is 16.0. The molecular formula is C25H26N2O5S. The number of carbonyl (C=O) groups is 3. The first-order valence-electron chi connectivity index (χ1n) is 11.2. The van der Waals surface area contributed by atoms with Gasteiger partial charge in [0, 0.05) is 11.7 Å². The van der Waals surface area contributed by atoms with Crippen LogP contribution >= 0.6 is 11.8 Å². The summed E-state index contributed by atoms with van der Waals surface area (Å²) in [6.07, 6.45) is 1.32. The molecule has 0 radical (unpaired) electrons. The van der Waals surface area contributed by atoms with Crippen LogP contribution in [0.25, 0.3) is 11.1 Å². The van der Waals surface area contributed by atoms with Crippen LogP contribution in [-0.4, -0.2) is 57.8 Å². The topological polar surface area (TPSA) is 95.9 Å². The van der Waals surface area contributed by atoms with Crippen molar-refractivity contribution in [3.63, 3.8) is 0 Å². The first kappa shape index (κ1) is 21.8. The quantitative estimate of drug-likeness (QED) is 0.674. The molecule has 2 aromatic carbocycles. The fraction of sp³-hybridized carbons (Fsp3) is 0.400. The van der Waals surface area contributed by atoms with Crippen molar-refractivity contribution < 1.29 is 24.2 Å². The maximum atomic E-state index is 13.1. The van der Waals surface area contributed by atoms with Crippen molar-refractivity contribution >= 4 is 29.7 Å². The zero-order valence-electron chi connectivity index (χ0n) is 18.3. The highest BCUT2D eigenvalue weighted by atomic mass is 32.2.